The Kier molecular flexibility index (Phi) is 7.05. The van der Waals surface area contributed by atoms with Crippen molar-refractivity contribution in [1.82, 2.24) is 9.55 Å². The molecule has 9 nitrogen and oxygen atoms in total. The lowest BCUT2D eigenvalue weighted by atomic mass is 10.1. The maximum atomic E-state index is 13.6. The maximum absolute atomic E-state index is 13.6. The van der Waals surface area contributed by atoms with Gasteiger partial charge in [0.05, 0.1) is 40.0 Å². The van der Waals surface area contributed by atoms with E-state index >= 15 is 0 Å². The topological polar surface area (TPSA) is 112 Å². The number of ether oxygens (including phenoxy) is 1. The number of hydrogen-bond donors (Lipinski definition) is 0. The number of benzene rings is 4. The lowest BCUT2D eigenvalue weighted by Crippen LogP contribution is -2.22. The molecule has 0 atom stereocenters. The molecule has 0 radical (unpaired) electrons. The van der Waals surface area contributed by atoms with Crippen LogP contribution in [0.3, 0.4) is 0 Å². The molecule has 0 aliphatic carbocycles. The van der Waals surface area contributed by atoms with Gasteiger partial charge in [0, 0.05) is 12.1 Å². The van der Waals surface area contributed by atoms with Crippen molar-refractivity contribution < 1.29 is 9.66 Å². The van der Waals surface area contributed by atoms with Crippen molar-refractivity contribution in [3.63, 3.8) is 0 Å². The highest BCUT2D eigenvalue weighted by Crippen LogP contribution is 2.26. The summed E-state index contributed by atoms with van der Waals surface area (Å²) in [5.41, 5.74) is 3.87. The fourth-order valence-electron chi connectivity index (χ4n) is 4.04. The first-order valence-electron chi connectivity index (χ1n) is 12.0. The number of nitro groups is 1. The number of non-ortho nitro benzene ring substituents is 1. The van der Waals surface area contributed by atoms with E-state index < -0.39 is 4.92 Å². The zero-order chi connectivity index (χ0) is 27.4. The Hall–Kier alpha value is -5.44. The number of aromatic nitrogens is 2. The molecular formula is C30H23N5O4. The van der Waals surface area contributed by atoms with Crippen molar-refractivity contribution in [2.75, 3.05) is 7.11 Å². The quantitative estimate of drug-likeness (QED) is 0.129. The third-order valence-corrected chi connectivity index (χ3v) is 6.11. The number of rotatable bonds is 7. The van der Waals surface area contributed by atoms with Gasteiger partial charge in [-0.2, -0.15) is 10.2 Å². The predicted molar refractivity (Wildman–Crippen MR) is 151 cm³/mol. The molecule has 0 amide bonds. The molecule has 9 heteroatoms. The molecular weight excluding hydrogens is 494 g/mol. The smallest absolute Gasteiger partial charge is 0.269 e. The molecule has 0 saturated carbocycles. The van der Waals surface area contributed by atoms with E-state index in [9.17, 15) is 14.9 Å². The van der Waals surface area contributed by atoms with Crippen LogP contribution in [-0.4, -0.2) is 21.6 Å². The molecule has 5 rings (SSSR count). The first-order valence-corrected chi connectivity index (χ1v) is 12.0. The summed E-state index contributed by atoms with van der Waals surface area (Å²) in [5, 5.41) is 19.9. The minimum absolute atomic E-state index is 0.0132. The number of aryl methyl sites for hydroxylation is 1. The molecule has 0 saturated heterocycles. The minimum Gasteiger partial charge on any atom is -0.497 e. The summed E-state index contributed by atoms with van der Waals surface area (Å²) >= 11 is 0. The van der Waals surface area contributed by atoms with Gasteiger partial charge in [-0.3, -0.25) is 19.5 Å². The summed E-state index contributed by atoms with van der Waals surface area (Å²) in [6.07, 6.45) is 3.71. The highest BCUT2D eigenvalue weighted by Gasteiger charge is 2.12. The van der Waals surface area contributed by atoms with Gasteiger partial charge in [0.2, 0.25) is 0 Å². The monoisotopic (exact) mass is 517 g/mol. The van der Waals surface area contributed by atoms with E-state index in [1.54, 1.807) is 29.9 Å². The van der Waals surface area contributed by atoms with Gasteiger partial charge in [0.25, 0.3) is 11.2 Å². The van der Waals surface area contributed by atoms with Gasteiger partial charge in [-0.15, -0.1) is 0 Å². The predicted octanol–water partition coefficient (Wildman–Crippen LogP) is 7.20. The Labute approximate surface area is 223 Å². The summed E-state index contributed by atoms with van der Waals surface area (Å²) in [6.45, 7) is 1.88. The number of hydrogen-bond acceptors (Lipinski definition) is 7. The van der Waals surface area contributed by atoms with Crippen LogP contribution < -0.4 is 10.3 Å². The number of para-hydroxylation sites is 1. The van der Waals surface area contributed by atoms with Crippen LogP contribution in [-0.2, 0) is 0 Å². The molecule has 0 unspecified atom stereocenters. The van der Waals surface area contributed by atoms with Crippen LogP contribution in [0.5, 0.6) is 5.75 Å². The average molecular weight is 518 g/mol. The highest BCUT2D eigenvalue weighted by molar-refractivity contribution is 5.80. The molecule has 0 spiro atoms. The summed E-state index contributed by atoms with van der Waals surface area (Å²) in [4.78, 5) is 28.8. The normalized spacial score (nSPS) is 11.4. The standard InChI is InChI=1S/C30H23N5O4/c1-20-19-24(14-17-27(20)33-32-22-10-12-23(13-11-22)35(37)38)34-29(18-9-21-7-15-25(39-2)16-8-21)31-28-6-4-3-5-26(28)30(34)36/h3-19H,1-2H3/b18-9+,33-32?. The largest absolute Gasteiger partial charge is 0.497 e. The van der Waals surface area contributed by atoms with Gasteiger partial charge in [-0.05, 0) is 78.7 Å². The Bertz CT molecular complexity index is 1790. The van der Waals surface area contributed by atoms with Crippen molar-refractivity contribution in [1.29, 1.82) is 0 Å². The maximum Gasteiger partial charge on any atom is 0.269 e. The third-order valence-electron chi connectivity index (χ3n) is 6.11. The number of methoxy groups -OCH3 is 1. The molecule has 0 aliphatic rings. The first kappa shape index (κ1) is 25.2. The number of nitro benzene ring substituents is 1. The third kappa shape index (κ3) is 5.47. The van der Waals surface area contributed by atoms with E-state index in [2.05, 4.69) is 10.2 Å². The lowest BCUT2D eigenvalue weighted by Gasteiger charge is -2.13. The number of fused-ring (bicyclic) bond motifs is 1. The van der Waals surface area contributed by atoms with Gasteiger partial charge in [0.15, 0.2) is 0 Å². The van der Waals surface area contributed by atoms with Crippen LogP contribution >= 0.6 is 0 Å². The van der Waals surface area contributed by atoms with Crippen LogP contribution in [0, 0.1) is 17.0 Å². The number of azo groups is 1. The van der Waals surface area contributed by atoms with Crippen LogP contribution in [0.4, 0.5) is 17.1 Å². The fraction of sp³-hybridized carbons (Fsp3) is 0.0667. The Morgan fingerprint density at radius 3 is 2.36 bits per heavy atom. The van der Waals surface area contributed by atoms with Crippen LogP contribution in [0.1, 0.15) is 17.0 Å². The molecule has 5 aromatic rings. The van der Waals surface area contributed by atoms with E-state index in [0.717, 1.165) is 16.9 Å². The van der Waals surface area contributed by atoms with Crippen molar-refractivity contribution >= 4 is 40.1 Å². The Morgan fingerprint density at radius 1 is 0.923 bits per heavy atom. The molecule has 0 N–H and O–H groups in total. The second-order valence-corrected chi connectivity index (χ2v) is 8.68. The van der Waals surface area contributed by atoms with Gasteiger partial charge < -0.3 is 4.74 Å². The molecule has 39 heavy (non-hydrogen) atoms. The summed E-state index contributed by atoms with van der Waals surface area (Å²) in [6, 6.07) is 26.1. The molecule has 192 valence electrons. The second-order valence-electron chi connectivity index (χ2n) is 8.68. The zero-order valence-electron chi connectivity index (χ0n) is 21.2. The number of nitrogens with zero attached hydrogens (tertiary/aromatic N) is 5. The molecule has 1 aromatic heterocycles. The molecule has 0 fully saturated rings. The molecule has 1 heterocycles. The van der Waals surface area contributed by atoms with Crippen LogP contribution in [0.15, 0.2) is 106 Å². The van der Waals surface area contributed by atoms with E-state index in [1.807, 2.05) is 67.6 Å². The van der Waals surface area contributed by atoms with E-state index in [1.165, 1.54) is 24.3 Å². The SMILES string of the molecule is COc1ccc(/C=C/c2nc3ccccc3c(=O)n2-c2ccc(N=Nc3ccc([N+](=O)[O-])cc3)c(C)c2)cc1. The van der Waals surface area contributed by atoms with Gasteiger partial charge in [-0.25, -0.2) is 4.98 Å². The van der Waals surface area contributed by atoms with Crippen molar-refractivity contribution in [2.45, 2.75) is 6.92 Å². The van der Waals surface area contributed by atoms with Crippen molar-refractivity contribution in [3.8, 4) is 11.4 Å². The van der Waals surface area contributed by atoms with Crippen molar-refractivity contribution in [2.24, 2.45) is 10.2 Å². The van der Waals surface area contributed by atoms with Crippen LogP contribution in [0.2, 0.25) is 0 Å². The summed E-state index contributed by atoms with van der Waals surface area (Å²) in [7, 11) is 1.62. The second kappa shape index (κ2) is 10.9. The minimum atomic E-state index is -0.464. The molecule has 4 aromatic carbocycles. The lowest BCUT2D eigenvalue weighted by molar-refractivity contribution is -0.384. The molecule has 0 bridgehead atoms. The zero-order valence-corrected chi connectivity index (χ0v) is 21.2. The molecule has 0 aliphatic heterocycles. The van der Waals surface area contributed by atoms with Crippen LogP contribution in [0.25, 0.3) is 28.7 Å². The van der Waals surface area contributed by atoms with E-state index in [4.69, 9.17) is 9.72 Å². The Morgan fingerprint density at radius 2 is 1.67 bits per heavy atom. The summed E-state index contributed by atoms with van der Waals surface area (Å²) < 4.78 is 6.80. The van der Waals surface area contributed by atoms with E-state index in [-0.39, 0.29) is 11.2 Å². The average Bonchev–Trinajstić information content (AvgIpc) is 2.96. The van der Waals surface area contributed by atoms with Crippen molar-refractivity contribution in [3.05, 3.63) is 128 Å². The highest BCUT2D eigenvalue weighted by atomic mass is 16.6. The van der Waals surface area contributed by atoms with Gasteiger partial charge in [0.1, 0.15) is 11.6 Å². The Balaban J connectivity index is 1.52. The van der Waals surface area contributed by atoms with Gasteiger partial charge in [-0.1, -0.05) is 30.3 Å². The van der Waals surface area contributed by atoms with E-state index in [0.29, 0.717) is 33.8 Å². The first-order chi connectivity index (χ1) is 18.9. The van der Waals surface area contributed by atoms with Gasteiger partial charge >= 0.3 is 0 Å². The fourth-order valence-corrected chi connectivity index (χ4v) is 4.04. The summed E-state index contributed by atoms with van der Waals surface area (Å²) in [5.74, 6) is 1.24.